The van der Waals surface area contributed by atoms with E-state index >= 15 is 0 Å². The molecule has 1 aromatic heterocycles. The summed E-state index contributed by atoms with van der Waals surface area (Å²) in [7, 11) is 0. The van der Waals surface area contributed by atoms with E-state index in [-0.39, 0.29) is 0 Å². The minimum absolute atomic E-state index is 0.371. The molecule has 0 aliphatic heterocycles. The van der Waals surface area contributed by atoms with Crippen LogP contribution in [0.4, 0.5) is 0 Å². The first-order valence-electron chi connectivity index (χ1n) is 8.43. The van der Waals surface area contributed by atoms with Crippen molar-refractivity contribution in [1.29, 1.82) is 0 Å². The number of fused-ring (bicyclic) bond motifs is 1. The zero-order chi connectivity index (χ0) is 14.9. The van der Waals surface area contributed by atoms with Gasteiger partial charge in [0.1, 0.15) is 5.52 Å². The maximum atomic E-state index is 4.38. The quantitative estimate of drug-likeness (QED) is 0.564. The topological polar surface area (TPSA) is 30.7 Å². The number of rotatable bonds is 2. The molecule has 0 amide bonds. The van der Waals surface area contributed by atoms with Gasteiger partial charge in [0.05, 0.1) is 11.6 Å². The van der Waals surface area contributed by atoms with Gasteiger partial charge in [-0.1, -0.05) is 45.4 Å². The van der Waals surface area contributed by atoms with E-state index < -0.39 is 0 Å². The van der Waals surface area contributed by atoms with Gasteiger partial charge in [-0.2, -0.15) is 0 Å². The zero-order valence-electron chi connectivity index (χ0n) is 12.7. The van der Waals surface area contributed by atoms with Crippen molar-refractivity contribution in [2.24, 2.45) is 11.8 Å². The molecule has 1 saturated carbocycles. The van der Waals surface area contributed by atoms with E-state index in [9.17, 15) is 0 Å². The molecule has 2 atom stereocenters. The predicted molar refractivity (Wildman–Crippen MR) is 93.1 cm³/mol. The van der Waals surface area contributed by atoms with E-state index in [1.165, 1.54) is 38.5 Å². The van der Waals surface area contributed by atoms with E-state index in [1.54, 1.807) is 0 Å². The average Bonchev–Trinajstić information content (AvgIpc) is 3.00. The highest BCUT2D eigenvalue weighted by atomic mass is 79.9. The molecule has 0 radical (unpaired) electrons. The molecule has 3 nitrogen and oxygen atoms in total. The molecule has 0 saturated heterocycles. The summed E-state index contributed by atoms with van der Waals surface area (Å²) < 4.78 is 2.09. The van der Waals surface area contributed by atoms with Crippen molar-refractivity contribution in [3.63, 3.8) is 0 Å². The summed E-state index contributed by atoms with van der Waals surface area (Å²) in [5.41, 5.74) is 2.14. The second-order valence-electron chi connectivity index (χ2n) is 6.73. The molecular weight excluding hydrogens is 338 g/mol. The number of halogens is 1. The van der Waals surface area contributed by atoms with Crippen LogP contribution in [0.3, 0.4) is 0 Å². The fourth-order valence-electron chi connectivity index (χ4n) is 4.06. The van der Waals surface area contributed by atoms with Gasteiger partial charge in [0, 0.05) is 4.83 Å². The summed E-state index contributed by atoms with van der Waals surface area (Å²) in [5.74, 6) is 1.66. The van der Waals surface area contributed by atoms with Gasteiger partial charge in [-0.25, -0.2) is 4.68 Å². The van der Waals surface area contributed by atoms with Crippen molar-refractivity contribution >= 4 is 27.0 Å². The standard InChI is InChI=1S/C18H22BrN3/c19-15-9-5-13(6-10-15)14-7-11-16(12-8-14)22-18-4-2-1-3-17(18)20-21-22/h1-4,7,11,13-16H,5-6,8-10,12H2. The predicted octanol–water partition coefficient (Wildman–Crippen LogP) is 4.89. The lowest BCUT2D eigenvalue weighted by atomic mass is 9.75. The van der Waals surface area contributed by atoms with Crippen LogP contribution in [0.15, 0.2) is 36.4 Å². The van der Waals surface area contributed by atoms with Gasteiger partial charge < -0.3 is 0 Å². The van der Waals surface area contributed by atoms with Gasteiger partial charge in [0.25, 0.3) is 0 Å². The Hall–Kier alpha value is -1.16. The molecule has 2 unspecified atom stereocenters. The Bertz CT molecular complexity index is 670. The SMILES string of the molecule is BrC1CCC(C2C=CC(n3nnc4ccccc43)CC2)CC1. The molecule has 2 aromatic rings. The smallest absolute Gasteiger partial charge is 0.113 e. The summed E-state index contributed by atoms with van der Waals surface area (Å²) >= 11 is 3.76. The van der Waals surface area contributed by atoms with Crippen molar-refractivity contribution in [3.8, 4) is 0 Å². The van der Waals surface area contributed by atoms with Gasteiger partial charge in [0.2, 0.25) is 0 Å². The third kappa shape index (κ3) is 2.73. The summed E-state index contributed by atoms with van der Waals surface area (Å²) in [4.78, 5) is 0.755. The minimum atomic E-state index is 0.371. The van der Waals surface area contributed by atoms with Gasteiger partial charge >= 0.3 is 0 Å². The highest BCUT2D eigenvalue weighted by Gasteiger charge is 2.28. The molecular formula is C18H22BrN3. The number of hydrogen-bond donors (Lipinski definition) is 0. The van der Waals surface area contributed by atoms with Gasteiger partial charge in [-0.3, -0.25) is 0 Å². The van der Waals surface area contributed by atoms with Crippen molar-refractivity contribution in [1.82, 2.24) is 15.0 Å². The Balaban J connectivity index is 1.49. The van der Waals surface area contributed by atoms with Crippen LogP contribution in [-0.4, -0.2) is 19.8 Å². The van der Waals surface area contributed by atoms with Crippen molar-refractivity contribution in [3.05, 3.63) is 36.4 Å². The number of benzene rings is 1. The summed E-state index contributed by atoms with van der Waals surface area (Å²) in [5, 5.41) is 8.66. The number of alkyl halides is 1. The van der Waals surface area contributed by atoms with Crippen molar-refractivity contribution in [2.75, 3.05) is 0 Å². The van der Waals surface area contributed by atoms with E-state index in [4.69, 9.17) is 0 Å². The molecule has 4 heteroatoms. The fraction of sp³-hybridized carbons (Fsp3) is 0.556. The fourth-order valence-corrected chi connectivity index (χ4v) is 4.59. The molecule has 0 N–H and O–H groups in total. The number of nitrogens with zero attached hydrogens (tertiary/aromatic N) is 3. The van der Waals surface area contributed by atoms with Crippen LogP contribution in [0, 0.1) is 11.8 Å². The molecule has 1 fully saturated rings. The first-order chi connectivity index (χ1) is 10.8. The summed E-state index contributed by atoms with van der Waals surface area (Å²) in [6.07, 6.45) is 12.7. The maximum absolute atomic E-state index is 4.38. The third-order valence-electron chi connectivity index (χ3n) is 5.37. The summed E-state index contributed by atoms with van der Waals surface area (Å²) in [6.45, 7) is 0. The van der Waals surface area contributed by atoms with Crippen LogP contribution < -0.4 is 0 Å². The Kier molecular flexibility index (Phi) is 4.03. The average molecular weight is 360 g/mol. The highest BCUT2D eigenvalue weighted by molar-refractivity contribution is 9.09. The normalized spacial score (nSPS) is 32.4. The monoisotopic (exact) mass is 359 g/mol. The lowest BCUT2D eigenvalue weighted by Crippen LogP contribution is -2.24. The molecule has 116 valence electrons. The lowest BCUT2D eigenvalue weighted by Gasteiger charge is -2.33. The number of aromatic nitrogens is 3. The molecule has 4 rings (SSSR count). The minimum Gasteiger partial charge on any atom is -0.238 e. The Morgan fingerprint density at radius 3 is 2.55 bits per heavy atom. The second-order valence-corrected chi connectivity index (χ2v) is 8.02. The molecule has 0 bridgehead atoms. The molecule has 2 aliphatic carbocycles. The number of allylic oxidation sites excluding steroid dienone is 2. The number of para-hydroxylation sites is 1. The van der Waals surface area contributed by atoms with Crippen molar-refractivity contribution < 1.29 is 0 Å². The van der Waals surface area contributed by atoms with Crippen LogP contribution >= 0.6 is 15.9 Å². The van der Waals surface area contributed by atoms with Crippen LogP contribution in [0.5, 0.6) is 0 Å². The van der Waals surface area contributed by atoms with E-state index in [0.29, 0.717) is 6.04 Å². The van der Waals surface area contributed by atoms with Gasteiger partial charge in [0.15, 0.2) is 0 Å². The lowest BCUT2D eigenvalue weighted by molar-refractivity contribution is 0.259. The molecule has 1 aromatic carbocycles. The zero-order valence-corrected chi connectivity index (χ0v) is 14.3. The number of hydrogen-bond acceptors (Lipinski definition) is 2. The van der Waals surface area contributed by atoms with E-state index in [0.717, 1.165) is 27.7 Å². The Morgan fingerprint density at radius 2 is 1.77 bits per heavy atom. The Morgan fingerprint density at radius 1 is 0.955 bits per heavy atom. The van der Waals surface area contributed by atoms with Crippen LogP contribution in [0.25, 0.3) is 11.0 Å². The maximum Gasteiger partial charge on any atom is 0.113 e. The molecule has 22 heavy (non-hydrogen) atoms. The van der Waals surface area contributed by atoms with Gasteiger partial charge in [-0.15, -0.1) is 5.10 Å². The van der Waals surface area contributed by atoms with E-state index in [2.05, 4.69) is 55.2 Å². The van der Waals surface area contributed by atoms with Crippen LogP contribution in [0.2, 0.25) is 0 Å². The largest absolute Gasteiger partial charge is 0.238 e. The second kappa shape index (κ2) is 6.15. The van der Waals surface area contributed by atoms with Crippen LogP contribution in [0.1, 0.15) is 44.6 Å². The highest BCUT2D eigenvalue weighted by Crippen LogP contribution is 2.39. The van der Waals surface area contributed by atoms with Crippen molar-refractivity contribution in [2.45, 2.75) is 49.4 Å². The van der Waals surface area contributed by atoms with E-state index in [1.807, 2.05) is 12.1 Å². The van der Waals surface area contributed by atoms with Gasteiger partial charge in [-0.05, 0) is 62.5 Å². The van der Waals surface area contributed by atoms with Crippen LogP contribution in [-0.2, 0) is 0 Å². The first-order valence-corrected chi connectivity index (χ1v) is 9.35. The molecule has 0 spiro atoms. The molecule has 1 heterocycles. The third-order valence-corrected chi connectivity index (χ3v) is 6.29. The molecule has 2 aliphatic rings. The first kappa shape index (κ1) is 14.4. The summed E-state index contributed by atoms with van der Waals surface area (Å²) in [6, 6.07) is 8.61. The Labute approximate surface area is 139 Å².